The van der Waals surface area contributed by atoms with Gasteiger partial charge in [0.1, 0.15) is 0 Å². The highest BCUT2D eigenvalue weighted by atomic mass is 31.1. The lowest BCUT2D eigenvalue weighted by Crippen LogP contribution is -2.17. The number of hydrogen-bond donors (Lipinski definition) is 0. The van der Waals surface area contributed by atoms with Gasteiger partial charge in [-0.25, -0.2) is 9.59 Å². The minimum absolute atomic E-state index is 0.278. The summed E-state index contributed by atoms with van der Waals surface area (Å²) in [6.45, 7) is 7.86. The molecule has 0 saturated heterocycles. The molecule has 0 aliphatic carbocycles. The highest BCUT2D eigenvalue weighted by molar-refractivity contribution is 7.34. The van der Waals surface area contributed by atoms with Crippen LogP contribution in [0.15, 0.2) is 0 Å². The van der Waals surface area contributed by atoms with E-state index in [4.69, 9.17) is 9.05 Å². The minimum atomic E-state index is -2.71. The van der Waals surface area contributed by atoms with Gasteiger partial charge in [-0.2, -0.15) is 9.05 Å². The first-order chi connectivity index (χ1) is 10.5. The third kappa shape index (κ3) is 8.47. The molecule has 0 aromatic carbocycles. The van der Waals surface area contributed by atoms with Crippen LogP contribution in [0.1, 0.15) is 79.1 Å². The van der Waals surface area contributed by atoms with Crippen LogP contribution in [0.25, 0.3) is 0 Å². The van der Waals surface area contributed by atoms with Gasteiger partial charge in [0.15, 0.2) is 0 Å². The molecule has 0 saturated carbocycles. The van der Waals surface area contributed by atoms with Crippen LogP contribution in [-0.4, -0.2) is 11.9 Å². The third-order valence-electron chi connectivity index (χ3n) is 3.79. The minimum Gasteiger partial charge on any atom is -0.246 e. The molecule has 0 heterocycles. The normalized spacial score (nSPS) is 14.1. The molecule has 0 rings (SSSR count). The van der Waals surface area contributed by atoms with Crippen molar-refractivity contribution in [1.82, 2.24) is 0 Å². The molecular formula is C16H30O5P+. The summed E-state index contributed by atoms with van der Waals surface area (Å²) < 4.78 is 21.3. The predicted octanol–water partition coefficient (Wildman–Crippen LogP) is 5.16. The zero-order valence-electron chi connectivity index (χ0n) is 14.3. The maximum absolute atomic E-state index is 11.9. The van der Waals surface area contributed by atoms with E-state index in [0.717, 1.165) is 25.7 Å². The molecule has 0 aliphatic heterocycles. The van der Waals surface area contributed by atoms with Crippen molar-refractivity contribution in [2.24, 2.45) is 11.8 Å². The van der Waals surface area contributed by atoms with Crippen molar-refractivity contribution >= 4 is 20.2 Å². The quantitative estimate of drug-likeness (QED) is 0.461. The molecule has 0 aromatic heterocycles. The lowest BCUT2D eigenvalue weighted by Gasteiger charge is -2.09. The zero-order valence-corrected chi connectivity index (χ0v) is 15.2. The van der Waals surface area contributed by atoms with E-state index in [-0.39, 0.29) is 11.8 Å². The van der Waals surface area contributed by atoms with Gasteiger partial charge in [0.25, 0.3) is 0 Å². The molecule has 128 valence electrons. The molecule has 0 spiro atoms. The average molecular weight is 333 g/mol. The molecule has 2 unspecified atom stereocenters. The third-order valence-corrected chi connectivity index (χ3v) is 4.45. The molecule has 2 atom stereocenters. The van der Waals surface area contributed by atoms with E-state index in [0.29, 0.717) is 25.7 Å². The van der Waals surface area contributed by atoms with Crippen molar-refractivity contribution in [3.8, 4) is 0 Å². The van der Waals surface area contributed by atoms with Gasteiger partial charge in [0, 0.05) is 4.57 Å². The Balaban J connectivity index is 4.35. The molecule has 0 radical (unpaired) electrons. The summed E-state index contributed by atoms with van der Waals surface area (Å²) in [5, 5.41) is 0. The van der Waals surface area contributed by atoms with E-state index in [1.54, 1.807) is 0 Å². The topological polar surface area (TPSA) is 69.7 Å². The molecule has 5 nitrogen and oxygen atoms in total. The summed E-state index contributed by atoms with van der Waals surface area (Å²) in [6, 6.07) is 0. The van der Waals surface area contributed by atoms with Gasteiger partial charge in [-0.3, -0.25) is 0 Å². The molecule has 6 heteroatoms. The van der Waals surface area contributed by atoms with Gasteiger partial charge in [0.05, 0.1) is 11.8 Å². The van der Waals surface area contributed by atoms with Gasteiger partial charge in [0.2, 0.25) is 0 Å². The number of rotatable bonds is 12. The van der Waals surface area contributed by atoms with Crippen molar-refractivity contribution in [3.63, 3.8) is 0 Å². The largest absolute Gasteiger partial charge is 0.811 e. The van der Waals surface area contributed by atoms with E-state index in [1.807, 2.05) is 27.7 Å². The summed E-state index contributed by atoms with van der Waals surface area (Å²) in [5.41, 5.74) is 0. The molecule has 0 aromatic rings. The molecular weight excluding hydrogens is 303 g/mol. The van der Waals surface area contributed by atoms with Gasteiger partial charge in [-0.15, -0.1) is 0 Å². The molecule has 0 bridgehead atoms. The van der Waals surface area contributed by atoms with Crippen molar-refractivity contribution in [2.75, 3.05) is 0 Å². The Bertz CT molecular complexity index is 324. The van der Waals surface area contributed by atoms with Crippen molar-refractivity contribution in [3.05, 3.63) is 0 Å². The van der Waals surface area contributed by atoms with Crippen LogP contribution in [-0.2, 0) is 23.2 Å². The Morgan fingerprint density at radius 2 is 1.18 bits per heavy atom. The smallest absolute Gasteiger partial charge is 0.246 e. The molecule has 22 heavy (non-hydrogen) atoms. The second-order valence-electron chi connectivity index (χ2n) is 5.54. The van der Waals surface area contributed by atoms with Gasteiger partial charge in [-0.05, 0) is 25.7 Å². The number of hydrogen-bond acceptors (Lipinski definition) is 5. The summed E-state index contributed by atoms with van der Waals surface area (Å²) in [4.78, 5) is 23.8. The number of unbranched alkanes of at least 4 members (excludes halogenated alkanes) is 2. The SMILES string of the molecule is CCCCC(CC)C(=O)O[P+](=O)OC(=O)C(CC)CCCC. The van der Waals surface area contributed by atoms with Gasteiger partial charge in [-0.1, -0.05) is 53.4 Å². The van der Waals surface area contributed by atoms with Crippen LogP contribution in [0.5, 0.6) is 0 Å². The fourth-order valence-corrected chi connectivity index (χ4v) is 2.82. The molecule has 0 amide bonds. The van der Waals surface area contributed by atoms with Gasteiger partial charge >= 0.3 is 20.2 Å². The Morgan fingerprint density at radius 3 is 1.45 bits per heavy atom. The zero-order chi connectivity index (χ0) is 17.0. The summed E-state index contributed by atoms with van der Waals surface area (Å²) in [7, 11) is -2.71. The van der Waals surface area contributed by atoms with Crippen LogP contribution in [0.2, 0.25) is 0 Å². The predicted molar refractivity (Wildman–Crippen MR) is 86.4 cm³/mol. The van der Waals surface area contributed by atoms with Crippen molar-refractivity contribution < 1.29 is 23.2 Å². The lowest BCUT2D eigenvalue weighted by molar-refractivity contribution is -0.143. The standard InChI is InChI=1S/C16H30O5P/c1-5-9-11-13(7-3)15(17)20-22(19)21-16(18)14(8-4)12-10-6-2/h13-14H,5-12H2,1-4H3/q+1. The van der Waals surface area contributed by atoms with Crippen LogP contribution < -0.4 is 0 Å². The van der Waals surface area contributed by atoms with Crippen molar-refractivity contribution in [1.29, 1.82) is 0 Å². The maximum atomic E-state index is 11.9. The lowest BCUT2D eigenvalue weighted by atomic mass is 10.00. The first-order valence-corrected chi connectivity index (χ1v) is 9.50. The van der Waals surface area contributed by atoms with E-state index in [9.17, 15) is 14.2 Å². The Hall–Kier alpha value is -0.960. The average Bonchev–Trinajstić information content (AvgIpc) is 2.48. The van der Waals surface area contributed by atoms with Crippen LogP contribution in [0.4, 0.5) is 0 Å². The Labute approximate surface area is 135 Å². The highest BCUT2D eigenvalue weighted by Gasteiger charge is 2.36. The summed E-state index contributed by atoms with van der Waals surface area (Å²) >= 11 is 0. The van der Waals surface area contributed by atoms with E-state index < -0.39 is 20.2 Å². The molecule has 0 fully saturated rings. The van der Waals surface area contributed by atoms with Crippen LogP contribution in [0, 0.1) is 11.8 Å². The molecule has 0 aliphatic rings. The number of carbonyl (C=O) groups excluding carboxylic acids is 2. The first-order valence-electron chi connectivity index (χ1n) is 8.40. The highest BCUT2D eigenvalue weighted by Crippen LogP contribution is 2.30. The first kappa shape index (κ1) is 21.0. The fourth-order valence-electron chi connectivity index (χ4n) is 2.19. The maximum Gasteiger partial charge on any atom is 0.811 e. The second kappa shape index (κ2) is 12.6. The van der Waals surface area contributed by atoms with E-state index >= 15 is 0 Å². The molecule has 0 N–H and O–H groups in total. The Morgan fingerprint density at radius 1 is 0.818 bits per heavy atom. The number of carbonyl (C=O) groups is 2. The van der Waals surface area contributed by atoms with Gasteiger partial charge < -0.3 is 0 Å². The van der Waals surface area contributed by atoms with E-state index in [2.05, 4.69) is 0 Å². The summed E-state index contributed by atoms with van der Waals surface area (Å²) in [5.74, 6) is -1.63. The fraction of sp³-hybridized carbons (Fsp3) is 0.875. The summed E-state index contributed by atoms with van der Waals surface area (Å²) in [6.07, 6.45) is 6.47. The second-order valence-corrected chi connectivity index (χ2v) is 6.35. The monoisotopic (exact) mass is 333 g/mol. The van der Waals surface area contributed by atoms with E-state index in [1.165, 1.54) is 0 Å². The van der Waals surface area contributed by atoms with Crippen LogP contribution in [0.3, 0.4) is 0 Å². The van der Waals surface area contributed by atoms with Crippen molar-refractivity contribution in [2.45, 2.75) is 79.1 Å². The Kier molecular flexibility index (Phi) is 12.0. The van der Waals surface area contributed by atoms with Crippen LogP contribution >= 0.6 is 8.25 Å².